The molecular weight excluding hydrogens is 346 g/mol. The fraction of sp³-hybridized carbons (Fsp3) is 0.368. The van der Waals surface area contributed by atoms with Crippen molar-refractivity contribution in [2.45, 2.75) is 26.1 Å². The van der Waals surface area contributed by atoms with E-state index in [4.69, 9.17) is 5.73 Å². The second kappa shape index (κ2) is 8.13. The summed E-state index contributed by atoms with van der Waals surface area (Å²) in [7, 11) is 0. The lowest BCUT2D eigenvalue weighted by atomic mass is 10.1. The SMILES string of the molecule is Cc1ccc(=O)n(CC(=O)N2CCN(Cc3ccccc3)[C@@H](C(N)=O)C2)n1. The van der Waals surface area contributed by atoms with Crippen LogP contribution in [-0.2, 0) is 22.7 Å². The molecule has 2 heterocycles. The maximum atomic E-state index is 12.6. The lowest BCUT2D eigenvalue weighted by molar-refractivity contribution is -0.138. The fourth-order valence-electron chi connectivity index (χ4n) is 3.22. The van der Waals surface area contributed by atoms with Crippen molar-refractivity contribution in [1.29, 1.82) is 0 Å². The van der Waals surface area contributed by atoms with Crippen LogP contribution >= 0.6 is 0 Å². The monoisotopic (exact) mass is 369 g/mol. The molecule has 0 unspecified atom stereocenters. The number of benzene rings is 1. The van der Waals surface area contributed by atoms with Crippen molar-refractivity contribution < 1.29 is 9.59 Å². The van der Waals surface area contributed by atoms with E-state index in [1.165, 1.54) is 6.07 Å². The summed E-state index contributed by atoms with van der Waals surface area (Å²) in [6.45, 7) is 3.41. The molecule has 2 amide bonds. The first-order valence-corrected chi connectivity index (χ1v) is 8.84. The summed E-state index contributed by atoms with van der Waals surface area (Å²) < 4.78 is 1.15. The number of nitrogens with zero attached hydrogens (tertiary/aromatic N) is 4. The van der Waals surface area contributed by atoms with Crippen LogP contribution in [0.3, 0.4) is 0 Å². The maximum absolute atomic E-state index is 12.6. The third-order valence-corrected chi connectivity index (χ3v) is 4.69. The molecule has 2 aromatic rings. The summed E-state index contributed by atoms with van der Waals surface area (Å²) in [4.78, 5) is 40.0. The van der Waals surface area contributed by atoms with Crippen LogP contribution in [0.2, 0.25) is 0 Å². The normalized spacial score (nSPS) is 17.7. The Morgan fingerprint density at radius 3 is 2.59 bits per heavy atom. The van der Waals surface area contributed by atoms with Gasteiger partial charge in [0.15, 0.2) is 0 Å². The highest BCUT2D eigenvalue weighted by molar-refractivity contribution is 5.82. The predicted octanol–water partition coefficient (Wildman–Crippen LogP) is -0.250. The zero-order chi connectivity index (χ0) is 19.4. The van der Waals surface area contributed by atoms with Gasteiger partial charge in [0.2, 0.25) is 11.8 Å². The largest absolute Gasteiger partial charge is 0.368 e. The summed E-state index contributed by atoms with van der Waals surface area (Å²) in [5.41, 5.74) is 6.99. The Kier molecular flexibility index (Phi) is 5.66. The van der Waals surface area contributed by atoms with E-state index in [0.29, 0.717) is 25.3 Å². The number of aryl methyl sites for hydroxylation is 1. The standard InChI is InChI=1S/C19H23N5O3/c1-14-7-8-17(25)24(21-14)13-18(26)23-10-9-22(16(12-23)19(20)27)11-15-5-3-2-4-6-15/h2-8,16H,9-13H2,1H3,(H2,20,27)/t16-/m1/s1. The summed E-state index contributed by atoms with van der Waals surface area (Å²) >= 11 is 0. The van der Waals surface area contributed by atoms with Gasteiger partial charge in [-0.2, -0.15) is 5.10 Å². The first kappa shape index (κ1) is 18.8. The van der Waals surface area contributed by atoms with Crippen LogP contribution in [-0.4, -0.2) is 57.1 Å². The van der Waals surface area contributed by atoms with Gasteiger partial charge in [-0.05, 0) is 18.6 Å². The summed E-state index contributed by atoms with van der Waals surface area (Å²) in [6.07, 6.45) is 0. The molecule has 0 bridgehead atoms. The van der Waals surface area contributed by atoms with Gasteiger partial charge in [0.25, 0.3) is 5.56 Å². The molecule has 1 saturated heterocycles. The molecule has 1 aliphatic rings. The highest BCUT2D eigenvalue weighted by Gasteiger charge is 2.33. The smallest absolute Gasteiger partial charge is 0.267 e. The van der Waals surface area contributed by atoms with E-state index in [1.54, 1.807) is 17.9 Å². The van der Waals surface area contributed by atoms with Gasteiger partial charge in [0.05, 0.1) is 5.69 Å². The minimum atomic E-state index is -0.565. The number of carbonyl (C=O) groups excluding carboxylic acids is 2. The van der Waals surface area contributed by atoms with Gasteiger partial charge in [-0.15, -0.1) is 0 Å². The van der Waals surface area contributed by atoms with E-state index >= 15 is 0 Å². The Balaban J connectivity index is 1.68. The van der Waals surface area contributed by atoms with Gasteiger partial charge in [-0.25, -0.2) is 4.68 Å². The molecule has 8 heteroatoms. The molecule has 1 aromatic heterocycles. The molecule has 0 radical (unpaired) electrons. The van der Waals surface area contributed by atoms with Crippen molar-refractivity contribution in [2.24, 2.45) is 5.73 Å². The number of piperazine rings is 1. The highest BCUT2D eigenvalue weighted by Crippen LogP contribution is 2.14. The Morgan fingerprint density at radius 2 is 1.89 bits per heavy atom. The van der Waals surface area contributed by atoms with Gasteiger partial charge in [0, 0.05) is 32.2 Å². The molecule has 0 spiro atoms. The number of aromatic nitrogens is 2. The Labute approximate surface area is 157 Å². The molecule has 1 aromatic carbocycles. The first-order chi connectivity index (χ1) is 12.9. The molecule has 1 aliphatic heterocycles. The van der Waals surface area contributed by atoms with Crippen molar-refractivity contribution in [3.63, 3.8) is 0 Å². The lowest BCUT2D eigenvalue weighted by Gasteiger charge is -2.40. The van der Waals surface area contributed by atoms with Crippen molar-refractivity contribution >= 4 is 11.8 Å². The molecule has 0 aliphatic carbocycles. The van der Waals surface area contributed by atoms with E-state index in [-0.39, 0.29) is 24.6 Å². The number of primary amides is 1. The molecule has 1 fully saturated rings. The van der Waals surface area contributed by atoms with Crippen LogP contribution in [0.15, 0.2) is 47.3 Å². The number of hydrogen-bond acceptors (Lipinski definition) is 5. The molecule has 142 valence electrons. The second-order valence-electron chi connectivity index (χ2n) is 6.68. The van der Waals surface area contributed by atoms with Crippen LogP contribution in [0.4, 0.5) is 0 Å². The summed E-state index contributed by atoms with van der Waals surface area (Å²) in [6, 6.07) is 12.2. The minimum absolute atomic E-state index is 0.148. The van der Waals surface area contributed by atoms with Crippen LogP contribution in [0.25, 0.3) is 0 Å². The van der Waals surface area contributed by atoms with Crippen molar-refractivity contribution in [3.05, 3.63) is 64.1 Å². The first-order valence-electron chi connectivity index (χ1n) is 8.84. The van der Waals surface area contributed by atoms with Gasteiger partial charge in [-0.1, -0.05) is 30.3 Å². The third-order valence-electron chi connectivity index (χ3n) is 4.69. The quantitative estimate of drug-likeness (QED) is 0.783. The van der Waals surface area contributed by atoms with Gasteiger partial charge in [-0.3, -0.25) is 19.3 Å². The molecule has 2 N–H and O–H groups in total. The molecule has 0 saturated carbocycles. The van der Waals surface area contributed by atoms with Crippen LogP contribution < -0.4 is 11.3 Å². The van der Waals surface area contributed by atoms with Crippen LogP contribution in [0.5, 0.6) is 0 Å². The number of hydrogen-bond donors (Lipinski definition) is 1. The second-order valence-corrected chi connectivity index (χ2v) is 6.68. The fourth-order valence-corrected chi connectivity index (χ4v) is 3.22. The number of carbonyl (C=O) groups is 2. The van der Waals surface area contributed by atoms with Crippen molar-refractivity contribution in [2.75, 3.05) is 19.6 Å². The van der Waals surface area contributed by atoms with Gasteiger partial charge >= 0.3 is 0 Å². The zero-order valence-electron chi connectivity index (χ0n) is 15.2. The zero-order valence-corrected chi connectivity index (χ0v) is 15.2. The Bertz CT molecular complexity index is 880. The summed E-state index contributed by atoms with van der Waals surface area (Å²) in [5.74, 6) is -0.713. The average molecular weight is 369 g/mol. The van der Waals surface area contributed by atoms with E-state index in [2.05, 4.69) is 5.10 Å². The van der Waals surface area contributed by atoms with E-state index in [1.807, 2.05) is 35.2 Å². The Morgan fingerprint density at radius 1 is 1.15 bits per heavy atom. The average Bonchev–Trinajstić information content (AvgIpc) is 2.65. The third kappa shape index (κ3) is 4.59. The molecular formula is C19H23N5O3. The Hall–Kier alpha value is -3.00. The number of rotatable bonds is 5. The predicted molar refractivity (Wildman–Crippen MR) is 99.6 cm³/mol. The lowest BCUT2D eigenvalue weighted by Crippen LogP contribution is -2.59. The topological polar surface area (TPSA) is 102 Å². The maximum Gasteiger partial charge on any atom is 0.267 e. The number of amides is 2. The van der Waals surface area contributed by atoms with E-state index in [9.17, 15) is 14.4 Å². The molecule has 8 nitrogen and oxygen atoms in total. The van der Waals surface area contributed by atoms with Gasteiger partial charge in [0.1, 0.15) is 12.6 Å². The van der Waals surface area contributed by atoms with Gasteiger partial charge < -0.3 is 10.6 Å². The minimum Gasteiger partial charge on any atom is -0.368 e. The molecule has 1 atom stereocenters. The van der Waals surface area contributed by atoms with Crippen molar-refractivity contribution in [3.8, 4) is 0 Å². The van der Waals surface area contributed by atoms with Crippen LogP contribution in [0.1, 0.15) is 11.3 Å². The van der Waals surface area contributed by atoms with Crippen molar-refractivity contribution in [1.82, 2.24) is 19.6 Å². The van der Waals surface area contributed by atoms with E-state index < -0.39 is 11.9 Å². The van der Waals surface area contributed by atoms with E-state index in [0.717, 1.165) is 10.2 Å². The molecule has 3 rings (SSSR count). The number of nitrogens with two attached hydrogens (primary N) is 1. The molecule has 27 heavy (non-hydrogen) atoms. The van der Waals surface area contributed by atoms with Crippen LogP contribution in [0, 0.1) is 6.92 Å². The summed E-state index contributed by atoms with van der Waals surface area (Å²) in [5, 5.41) is 4.09. The highest BCUT2D eigenvalue weighted by atomic mass is 16.2.